The van der Waals surface area contributed by atoms with Crippen LogP contribution in [0.25, 0.3) is 0 Å². The molecule has 1 atom stereocenters. The van der Waals surface area contributed by atoms with E-state index in [1.165, 1.54) is 0 Å². The lowest BCUT2D eigenvalue weighted by Crippen LogP contribution is -2.40. The number of hydrogen-bond acceptors (Lipinski definition) is 4. The van der Waals surface area contributed by atoms with Gasteiger partial charge in [-0.05, 0) is 41.5 Å². The summed E-state index contributed by atoms with van der Waals surface area (Å²) in [7, 11) is 0. The van der Waals surface area contributed by atoms with Gasteiger partial charge < -0.3 is 5.32 Å². The van der Waals surface area contributed by atoms with E-state index in [0.717, 1.165) is 29.1 Å². The third-order valence-corrected chi connectivity index (χ3v) is 5.75. The number of ketones is 1. The van der Waals surface area contributed by atoms with E-state index in [1.807, 2.05) is 55.1 Å². The normalized spacial score (nSPS) is 20.4. The number of Topliss-reactive ketones (excluding diaryl/α,β-unsaturated/α-hetero) is 1. The number of rotatable bonds is 3. The van der Waals surface area contributed by atoms with Gasteiger partial charge in [-0.2, -0.15) is 0 Å². The maximum atomic E-state index is 13.6. The second kappa shape index (κ2) is 7.71. The molecule has 5 nitrogen and oxygen atoms in total. The van der Waals surface area contributed by atoms with Gasteiger partial charge in [-0.1, -0.05) is 45.9 Å². The maximum Gasteiger partial charge on any atom is 0.228 e. The molecule has 1 aromatic heterocycles. The molecule has 1 aliphatic carbocycles. The number of hydrogen-bond donors (Lipinski definition) is 1. The van der Waals surface area contributed by atoms with Crippen LogP contribution in [0.15, 0.2) is 60.1 Å². The van der Waals surface area contributed by atoms with E-state index < -0.39 is 6.04 Å². The summed E-state index contributed by atoms with van der Waals surface area (Å²) in [5.41, 5.74) is 3.99. The second-order valence-corrected chi connectivity index (χ2v) is 9.53. The molecule has 0 radical (unpaired) electrons. The van der Waals surface area contributed by atoms with Crippen LogP contribution in [0.5, 0.6) is 0 Å². The highest BCUT2D eigenvalue weighted by molar-refractivity contribution is 6.06. The third kappa shape index (κ3) is 3.76. The highest BCUT2D eigenvalue weighted by Gasteiger charge is 2.43. The average Bonchev–Trinajstić information content (AvgIpc) is 2.81. The molecule has 2 aromatic rings. The van der Waals surface area contributed by atoms with E-state index in [2.05, 4.69) is 24.1 Å². The van der Waals surface area contributed by atoms with Gasteiger partial charge in [0, 0.05) is 36.5 Å². The van der Waals surface area contributed by atoms with Crippen molar-refractivity contribution in [2.24, 2.45) is 11.3 Å². The number of carbonyl (C=O) groups excluding carboxylic acids is 2. The van der Waals surface area contributed by atoms with Crippen molar-refractivity contribution < 1.29 is 9.59 Å². The summed E-state index contributed by atoms with van der Waals surface area (Å²) in [6.07, 6.45) is 5.12. The van der Waals surface area contributed by atoms with Gasteiger partial charge in [0.15, 0.2) is 5.78 Å². The Labute approximate surface area is 178 Å². The number of nitrogens with zero attached hydrogens (tertiary/aromatic N) is 2. The van der Waals surface area contributed by atoms with Crippen LogP contribution >= 0.6 is 0 Å². The van der Waals surface area contributed by atoms with Crippen LogP contribution in [-0.2, 0) is 9.59 Å². The molecule has 1 amide bonds. The Morgan fingerprint density at radius 2 is 1.97 bits per heavy atom. The lowest BCUT2D eigenvalue weighted by atomic mass is 9.73. The molecule has 0 saturated heterocycles. The van der Waals surface area contributed by atoms with Gasteiger partial charge in [0.05, 0.1) is 17.4 Å². The van der Waals surface area contributed by atoms with E-state index in [-0.39, 0.29) is 23.0 Å². The minimum Gasteiger partial charge on any atom is -0.357 e. The Bertz CT molecular complexity index is 1010. The van der Waals surface area contributed by atoms with Gasteiger partial charge in [0.25, 0.3) is 0 Å². The largest absolute Gasteiger partial charge is 0.357 e. The number of pyridine rings is 1. The fourth-order valence-corrected chi connectivity index (χ4v) is 4.56. The van der Waals surface area contributed by atoms with Crippen LogP contribution in [0.3, 0.4) is 0 Å². The molecule has 0 saturated carbocycles. The summed E-state index contributed by atoms with van der Waals surface area (Å²) >= 11 is 0. The number of fused-ring (bicyclic) bond motifs is 1. The van der Waals surface area contributed by atoms with Gasteiger partial charge in [0.2, 0.25) is 5.91 Å². The monoisotopic (exact) mass is 403 g/mol. The van der Waals surface area contributed by atoms with Crippen molar-refractivity contribution in [2.75, 3.05) is 10.2 Å². The predicted octanol–water partition coefficient (Wildman–Crippen LogP) is 5.27. The van der Waals surface area contributed by atoms with Crippen LogP contribution in [0, 0.1) is 11.3 Å². The first-order valence-electron chi connectivity index (χ1n) is 10.6. The molecule has 0 unspecified atom stereocenters. The van der Waals surface area contributed by atoms with Crippen molar-refractivity contribution in [2.45, 2.75) is 53.0 Å². The smallest absolute Gasteiger partial charge is 0.228 e. The summed E-state index contributed by atoms with van der Waals surface area (Å²) in [6.45, 7) is 8.32. The number of aromatic nitrogens is 1. The summed E-state index contributed by atoms with van der Waals surface area (Å²) in [4.78, 5) is 33.1. The minimum absolute atomic E-state index is 0.0134. The van der Waals surface area contributed by atoms with Crippen LogP contribution in [0.2, 0.25) is 0 Å². The third-order valence-electron chi connectivity index (χ3n) is 5.75. The lowest BCUT2D eigenvalue weighted by molar-refractivity contribution is -0.120. The molecular formula is C25H29N3O2. The highest BCUT2D eigenvalue weighted by atomic mass is 16.2. The molecular weight excluding hydrogens is 374 g/mol. The fourth-order valence-electron chi connectivity index (χ4n) is 4.56. The first-order chi connectivity index (χ1) is 14.3. The Morgan fingerprint density at radius 3 is 2.67 bits per heavy atom. The van der Waals surface area contributed by atoms with Crippen molar-refractivity contribution in [1.29, 1.82) is 0 Å². The molecule has 1 aromatic carbocycles. The summed E-state index contributed by atoms with van der Waals surface area (Å²) in [5, 5.41) is 3.53. The van der Waals surface area contributed by atoms with E-state index in [9.17, 15) is 9.59 Å². The van der Waals surface area contributed by atoms with E-state index >= 15 is 0 Å². The molecule has 0 fully saturated rings. The van der Waals surface area contributed by atoms with Gasteiger partial charge in [-0.15, -0.1) is 0 Å². The molecule has 0 bridgehead atoms. The predicted molar refractivity (Wildman–Crippen MR) is 119 cm³/mol. The molecule has 1 N–H and O–H groups in total. The van der Waals surface area contributed by atoms with E-state index in [0.29, 0.717) is 18.4 Å². The average molecular weight is 404 g/mol. The molecule has 2 heterocycles. The number of para-hydroxylation sites is 2. The zero-order valence-corrected chi connectivity index (χ0v) is 18.1. The lowest BCUT2D eigenvalue weighted by Gasteiger charge is -2.37. The quantitative estimate of drug-likeness (QED) is 0.758. The van der Waals surface area contributed by atoms with Crippen LogP contribution in [0.1, 0.15) is 58.6 Å². The molecule has 5 heteroatoms. The SMILES string of the molecule is CC(C)CC(=O)N1c2ccccc2NC2=C(C(=O)CC(C)(C)C2)[C@@H]1c1cccnc1. The van der Waals surface area contributed by atoms with Gasteiger partial charge in [-0.3, -0.25) is 19.5 Å². The number of carbonyl (C=O) groups is 2. The topological polar surface area (TPSA) is 62.3 Å². The first kappa shape index (κ1) is 20.3. The van der Waals surface area contributed by atoms with Gasteiger partial charge in [-0.25, -0.2) is 0 Å². The van der Waals surface area contributed by atoms with Crippen molar-refractivity contribution in [1.82, 2.24) is 4.98 Å². The zero-order chi connectivity index (χ0) is 21.5. The van der Waals surface area contributed by atoms with Crippen LogP contribution in [0.4, 0.5) is 11.4 Å². The molecule has 0 spiro atoms. The number of benzene rings is 1. The highest BCUT2D eigenvalue weighted by Crippen LogP contribution is 2.48. The second-order valence-electron chi connectivity index (χ2n) is 9.53. The van der Waals surface area contributed by atoms with E-state index in [4.69, 9.17) is 0 Å². The first-order valence-corrected chi connectivity index (χ1v) is 10.6. The number of amides is 1. The Morgan fingerprint density at radius 1 is 1.20 bits per heavy atom. The Kier molecular flexibility index (Phi) is 5.22. The summed E-state index contributed by atoms with van der Waals surface area (Å²) < 4.78 is 0. The molecule has 156 valence electrons. The number of allylic oxidation sites excluding steroid dienone is 1. The zero-order valence-electron chi connectivity index (χ0n) is 18.1. The van der Waals surface area contributed by atoms with Crippen molar-refractivity contribution in [3.8, 4) is 0 Å². The van der Waals surface area contributed by atoms with Crippen molar-refractivity contribution >= 4 is 23.1 Å². The molecule has 4 rings (SSSR count). The Balaban J connectivity index is 1.98. The van der Waals surface area contributed by atoms with Crippen LogP contribution in [-0.4, -0.2) is 16.7 Å². The minimum atomic E-state index is -0.486. The van der Waals surface area contributed by atoms with Crippen LogP contribution < -0.4 is 10.2 Å². The van der Waals surface area contributed by atoms with Gasteiger partial charge in [0.1, 0.15) is 0 Å². The molecule has 1 aliphatic heterocycles. The number of nitrogens with one attached hydrogen (secondary N) is 1. The number of anilines is 2. The standard InChI is InChI=1S/C25H29N3O2/c1-16(2)12-22(30)28-20-10-6-5-9-18(20)27-19-13-25(3,4)14-21(29)23(19)24(28)17-8-7-11-26-15-17/h5-11,15-16,24,27H,12-14H2,1-4H3/t24-/m0/s1. The summed E-state index contributed by atoms with van der Waals surface area (Å²) in [5.74, 6) is 0.321. The molecule has 30 heavy (non-hydrogen) atoms. The van der Waals surface area contributed by atoms with Crippen molar-refractivity contribution in [3.05, 3.63) is 65.6 Å². The summed E-state index contributed by atoms with van der Waals surface area (Å²) in [6, 6.07) is 11.2. The Hall–Kier alpha value is -2.95. The van der Waals surface area contributed by atoms with Gasteiger partial charge >= 0.3 is 0 Å². The van der Waals surface area contributed by atoms with Crippen molar-refractivity contribution in [3.63, 3.8) is 0 Å². The molecule has 2 aliphatic rings. The van der Waals surface area contributed by atoms with E-state index in [1.54, 1.807) is 12.4 Å². The maximum absolute atomic E-state index is 13.6. The fraction of sp³-hybridized carbons (Fsp3) is 0.400.